The molecule has 20 aromatic carbocycles. The van der Waals surface area contributed by atoms with Gasteiger partial charge >= 0.3 is 0 Å². The van der Waals surface area contributed by atoms with Gasteiger partial charge in [0.25, 0.3) is 0 Å². The van der Waals surface area contributed by atoms with Crippen molar-refractivity contribution >= 4 is 150 Å². The maximum atomic E-state index is 5.28. The maximum absolute atomic E-state index is 5.28. The van der Waals surface area contributed by atoms with Crippen LogP contribution in [-0.4, -0.2) is 58.1 Å². The fourth-order valence-corrected chi connectivity index (χ4v) is 23.7. The van der Waals surface area contributed by atoms with E-state index >= 15 is 0 Å². The summed E-state index contributed by atoms with van der Waals surface area (Å²) in [5.41, 5.74) is 28.7. The lowest BCUT2D eigenvalue weighted by Gasteiger charge is -2.19. The van der Waals surface area contributed by atoms with Crippen LogP contribution >= 0.6 is 22.7 Å². The molecular weight excluding hydrogens is 1840 g/mol. The molecule has 29 rings (SSSR count). The Bertz CT molecular complexity index is 10100. The number of benzene rings is 20. The smallest absolute Gasteiger partial charge is 0.238 e. The number of rotatable bonds is 14. The van der Waals surface area contributed by atoms with Crippen molar-refractivity contribution in [2.24, 2.45) is 0 Å². The van der Waals surface area contributed by atoms with Gasteiger partial charge in [-0.05, 0) is 164 Å². The first kappa shape index (κ1) is 88.1. The lowest BCUT2D eigenvalue weighted by molar-refractivity contribution is 0.591. The topological polar surface area (TPSA) is 123 Å². The van der Waals surface area contributed by atoms with E-state index in [1.807, 2.05) is 83.5 Å². The van der Waals surface area contributed by atoms with E-state index in [0.717, 1.165) is 105 Å². The molecule has 0 unspecified atom stereocenters. The summed E-state index contributed by atoms with van der Waals surface area (Å²) in [5, 5.41) is 14.6. The minimum atomic E-state index is -0.0254. The third-order valence-electron chi connectivity index (χ3n) is 28.5. The summed E-state index contributed by atoms with van der Waals surface area (Å²) < 4.78 is 14.1. The predicted molar refractivity (Wildman–Crippen MR) is 618 cm³/mol. The Kier molecular flexibility index (Phi) is 21.9. The molecule has 9 aromatic heterocycles. The average Bonchev–Trinajstić information content (AvgIpc) is 2.02. The first-order valence-electron chi connectivity index (χ1n) is 49.9. The molecule has 0 aliphatic carbocycles. The quantitative estimate of drug-likeness (QED) is 0.105. The van der Waals surface area contributed by atoms with Gasteiger partial charge in [-0.15, -0.1) is 22.7 Å². The Morgan fingerprint density at radius 2 is 0.500 bits per heavy atom. The van der Waals surface area contributed by atoms with Crippen molar-refractivity contribution in [3.63, 3.8) is 0 Å². The minimum Gasteiger partial charge on any atom is -0.309 e. The molecule has 12 nitrogen and oxygen atoms in total. The molecule has 698 valence electrons. The number of hydrogen-bond acceptors (Lipinski definition) is 10. The predicted octanol–water partition coefficient (Wildman–Crippen LogP) is 35.3. The molecule has 0 atom stereocenters. The molecule has 9 heterocycles. The van der Waals surface area contributed by atoms with Crippen LogP contribution in [0.2, 0.25) is 0 Å². The van der Waals surface area contributed by atoms with Gasteiger partial charge in [0, 0.05) is 114 Å². The minimum absolute atomic E-state index is 0.0254. The van der Waals surface area contributed by atoms with Gasteiger partial charge in [0.1, 0.15) is 0 Å². The van der Waals surface area contributed by atoms with Crippen LogP contribution < -0.4 is 0 Å². The third-order valence-corrected chi connectivity index (χ3v) is 30.9. The molecule has 14 heteroatoms. The summed E-state index contributed by atoms with van der Waals surface area (Å²) in [6.07, 6.45) is 1.88. The van der Waals surface area contributed by atoms with Gasteiger partial charge in [-0.1, -0.05) is 409 Å². The second-order valence-corrected chi connectivity index (χ2v) is 40.6. The van der Waals surface area contributed by atoms with Gasteiger partial charge in [-0.3, -0.25) is 13.7 Å². The Morgan fingerprint density at radius 1 is 0.189 bits per heavy atom. The number of para-hydroxylation sites is 4. The normalized spacial score (nSPS) is 11.8. The van der Waals surface area contributed by atoms with Crippen LogP contribution in [-0.2, 0) is 5.41 Å². The molecule has 0 bridgehead atoms. The van der Waals surface area contributed by atoms with Crippen LogP contribution in [0.1, 0.15) is 26.3 Å². The Balaban J connectivity index is 0.000000110. The summed E-state index contributed by atoms with van der Waals surface area (Å²) in [6, 6.07) is 171. The molecule has 0 spiro atoms. The van der Waals surface area contributed by atoms with Gasteiger partial charge in [0.15, 0.2) is 23.3 Å². The number of hydrogen-bond donors (Lipinski definition) is 0. The summed E-state index contributed by atoms with van der Waals surface area (Å²) in [7, 11) is 0. The SMILES string of the molecule is CC(C)(C)c1ccc2c3ccc4c5ccccc5sc4c3n(-c3nc(-c4ccccc4)nc(-c4ccc(-c5ccccc5)cc4)n3)c2c1.c1ccc(-c2cc(-c3ccccc3)cc(-c3ccnc(-n4c5ccccc5c5cc(-c6ccc7c(c6)c6ccccc6n7-c6ccccc6)ccc54)n3)c2)cc1.c1ccc(-c2ccc(-c3nc(-c4ccccc4)nc(-n4c5ccccc5c5ccc6c7ccccc7sc6c54)n3)cc2)cc1. The van der Waals surface area contributed by atoms with E-state index in [9.17, 15) is 0 Å². The summed E-state index contributed by atoms with van der Waals surface area (Å²) in [6.45, 7) is 6.79. The molecule has 0 N–H and O–H groups in total. The van der Waals surface area contributed by atoms with Crippen molar-refractivity contribution < 1.29 is 0 Å². The van der Waals surface area contributed by atoms with E-state index in [-0.39, 0.29) is 5.41 Å². The highest BCUT2D eigenvalue weighted by molar-refractivity contribution is 7.27. The van der Waals surface area contributed by atoms with E-state index in [0.29, 0.717) is 41.1 Å². The zero-order valence-electron chi connectivity index (χ0n) is 80.9. The largest absolute Gasteiger partial charge is 0.309 e. The molecule has 0 fully saturated rings. The monoisotopic (exact) mass is 1930 g/mol. The Morgan fingerprint density at radius 3 is 0.946 bits per heavy atom. The lowest BCUT2D eigenvalue weighted by atomic mass is 9.86. The number of nitrogens with zero attached hydrogens (tertiary/aromatic N) is 12. The first-order chi connectivity index (χ1) is 73.0. The van der Waals surface area contributed by atoms with Crippen molar-refractivity contribution in [2.45, 2.75) is 26.2 Å². The van der Waals surface area contributed by atoms with Gasteiger partial charge in [-0.25, -0.2) is 19.9 Å². The van der Waals surface area contributed by atoms with E-state index in [1.54, 1.807) is 0 Å². The van der Waals surface area contributed by atoms with Crippen molar-refractivity contribution in [2.75, 3.05) is 0 Å². The lowest BCUT2D eigenvalue weighted by Crippen LogP contribution is -2.11. The molecule has 0 aliphatic rings. The Hall–Kier alpha value is -18.9. The second kappa shape index (κ2) is 36.8. The standard InChI is InChI=1S/C52H34N4.C43H32N4S.C39H24N4S/c1-4-14-35(15-5-1)39-30-40(36-16-6-2-7-17-36)32-41(31-39)47-28-29-53-52(54-47)56-49-23-13-11-21-44(49)46-34-38(25-27-51(46)56)37-24-26-50-45(33-37)43-20-10-12-22-48(43)55(50)42-18-8-3-9-19-42;1-43(2,3)31-22-23-32-34-24-25-35-33-16-10-11-17-37(33)48-39(35)38(34)47(36(32)26-31)42-45-40(29-14-8-5-9-15-29)44-41(46-42)30-20-18-28(19-21-30)27-12-6-4-7-13-27;1-3-11-25(12-4-1)26-19-21-28(22-20-26)38-40-37(27-13-5-2-6-14-27)41-39(42-38)43-33-17-9-7-15-29(33)31-23-24-32-30-16-8-10-18-34(30)44-36(32)35(31)43/h1-34H;4-26H,1-3H3;1-24H. The zero-order valence-corrected chi connectivity index (χ0v) is 82.6. The van der Waals surface area contributed by atoms with Crippen LogP contribution in [0.25, 0.3) is 264 Å². The highest BCUT2D eigenvalue weighted by atomic mass is 32.1. The number of thiophene rings is 2. The molecule has 0 radical (unpaired) electrons. The van der Waals surface area contributed by atoms with Gasteiger partial charge in [-0.2, -0.15) is 19.9 Å². The van der Waals surface area contributed by atoms with E-state index < -0.39 is 0 Å². The van der Waals surface area contributed by atoms with Crippen LogP contribution in [0.5, 0.6) is 0 Å². The molecule has 0 aliphatic heterocycles. The molecular formula is C134H90N12S2. The second-order valence-electron chi connectivity index (χ2n) is 38.5. The van der Waals surface area contributed by atoms with Crippen molar-refractivity contribution in [1.29, 1.82) is 0 Å². The fourth-order valence-electron chi connectivity index (χ4n) is 21.3. The third kappa shape index (κ3) is 15.9. The van der Waals surface area contributed by atoms with Crippen LogP contribution in [0, 0.1) is 0 Å². The van der Waals surface area contributed by atoms with Crippen molar-refractivity contribution in [3.05, 3.63) is 497 Å². The van der Waals surface area contributed by atoms with Crippen LogP contribution in [0.3, 0.4) is 0 Å². The zero-order chi connectivity index (χ0) is 98.4. The number of fused-ring (bicyclic) bond motifs is 20. The summed E-state index contributed by atoms with van der Waals surface area (Å²) >= 11 is 3.66. The molecule has 29 aromatic rings. The van der Waals surface area contributed by atoms with Crippen molar-refractivity contribution in [1.82, 2.24) is 58.1 Å². The summed E-state index contributed by atoms with van der Waals surface area (Å²) in [4.78, 5) is 41.1. The molecule has 0 amide bonds. The van der Waals surface area contributed by atoms with Gasteiger partial charge < -0.3 is 4.57 Å². The average molecular weight is 1930 g/mol. The summed E-state index contributed by atoms with van der Waals surface area (Å²) in [5.74, 6) is 4.44. The van der Waals surface area contributed by atoms with E-state index in [4.69, 9.17) is 39.9 Å². The highest BCUT2D eigenvalue weighted by Crippen LogP contribution is 2.48. The number of aromatic nitrogens is 12. The van der Waals surface area contributed by atoms with E-state index in [2.05, 4.69) is 470 Å². The van der Waals surface area contributed by atoms with Gasteiger partial charge in [0.05, 0.1) is 59.2 Å². The van der Waals surface area contributed by atoms with Crippen molar-refractivity contribution in [3.8, 4) is 136 Å². The van der Waals surface area contributed by atoms with Crippen LogP contribution in [0.4, 0.5) is 0 Å². The van der Waals surface area contributed by atoms with E-state index in [1.165, 1.54) is 123 Å². The highest BCUT2D eigenvalue weighted by Gasteiger charge is 2.28. The molecule has 0 saturated heterocycles. The van der Waals surface area contributed by atoms with Crippen LogP contribution in [0.15, 0.2) is 492 Å². The molecule has 0 saturated carbocycles. The molecule has 148 heavy (non-hydrogen) atoms. The maximum Gasteiger partial charge on any atom is 0.238 e. The Labute approximate surface area is 861 Å². The fraction of sp³-hybridized carbons (Fsp3) is 0.0299. The first-order valence-corrected chi connectivity index (χ1v) is 51.5. The van der Waals surface area contributed by atoms with Gasteiger partial charge in [0.2, 0.25) is 17.8 Å².